The molecule has 2 unspecified atom stereocenters. The lowest BCUT2D eigenvalue weighted by Crippen LogP contribution is -2.74. The summed E-state index contributed by atoms with van der Waals surface area (Å²) in [6, 6.07) is 0. The fraction of sp³-hybridized carbons (Fsp3) is 1.00. The van der Waals surface area contributed by atoms with Crippen molar-refractivity contribution < 1.29 is 84.1 Å². The van der Waals surface area contributed by atoms with E-state index >= 15 is 0 Å². The van der Waals surface area contributed by atoms with Gasteiger partial charge in [-0.3, -0.25) is 4.90 Å². The van der Waals surface area contributed by atoms with Crippen molar-refractivity contribution in [2.75, 3.05) is 32.8 Å². The summed E-state index contributed by atoms with van der Waals surface area (Å²) in [5.74, 6) is -56.1. The lowest BCUT2D eigenvalue weighted by atomic mass is 9.88. The molecule has 2 fully saturated rings. The summed E-state index contributed by atoms with van der Waals surface area (Å²) in [5.41, 5.74) is 0. The molecule has 3 nitrogen and oxygen atoms in total. The zero-order valence-corrected chi connectivity index (χ0v) is 17.1. The molecule has 0 aromatic carbocycles. The summed E-state index contributed by atoms with van der Waals surface area (Å²) in [5, 5.41) is 0. The van der Waals surface area contributed by atoms with Crippen molar-refractivity contribution in [1.29, 1.82) is 0 Å². The zero-order chi connectivity index (χ0) is 28.4. The van der Waals surface area contributed by atoms with Gasteiger partial charge in [-0.15, -0.1) is 0 Å². The van der Waals surface area contributed by atoms with Crippen molar-refractivity contribution in [3.8, 4) is 0 Å². The Hall–Kier alpha value is -1.31. The van der Waals surface area contributed by atoms with Gasteiger partial charge in [0.25, 0.3) is 0 Å². The van der Waals surface area contributed by atoms with Gasteiger partial charge in [-0.05, 0) is 0 Å². The second-order valence-electron chi connectivity index (χ2n) is 8.07. The molecule has 214 valence electrons. The standard InChI is InChI=1S/C16H14F17NO2/c17-9(18,1-2-34(3-7-5-35-7)4-8-6-36-8)10(19,20)11(21,22)12(23,24)13(25,26)14(27,28)15(29,30)16(31,32)33/h7-8H,1-6H2. The van der Waals surface area contributed by atoms with E-state index in [1.54, 1.807) is 0 Å². The molecule has 2 heterocycles. The van der Waals surface area contributed by atoms with Crippen LogP contribution in [0.2, 0.25) is 0 Å². The lowest BCUT2D eigenvalue weighted by Gasteiger charge is -2.43. The van der Waals surface area contributed by atoms with Crippen LogP contribution in [0.4, 0.5) is 74.6 Å². The van der Waals surface area contributed by atoms with E-state index in [1.165, 1.54) is 0 Å². The van der Waals surface area contributed by atoms with Gasteiger partial charge in [0.15, 0.2) is 0 Å². The molecule has 0 amide bonds. The maximum atomic E-state index is 14.0. The highest BCUT2D eigenvalue weighted by Gasteiger charge is 2.95. The highest BCUT2D eigenvalue weighted by atomic mass is 19.4. The van der Waals surface area contributed by atoms with Gasteiger partial charge in [0.1, 0.15) is 0 Å². The minimum Gasteiger partial charge on any atom is -0.372 e. The maximum Gasteiger partial charge on any atom is 0.460 e. The molecule has 36 heavy (non-hydrogen) atoms. The first-order valence-electron chi connectivity index (χ1n) is 9.45. The third-order valence-electron chi connectivity index (χ3n) is 5.26. The van der Waals surface area contributed by atoms with E-state index in [-0.39, 0.29) is 26.3 Å². The number of alkyl halides is 17. The Morgan fingerprint density at radius 3 is 1.11 bits per heavy atom. The highest BCUT2D eigenvalue weighted by molar-refractivity contribution is 5.15. The van der Waals surface area contributed by atoms with Crippen molar-refractivity contribution in [1.82, 2.24) is 4.90 Å². The van der Waals surface area contributed by atoms with Crippen LogP contribution in [0, 0.1) is 0 Å². The fourth-order valence-electron chi connectivity index (χ4n) is 2.83. The first-order chi connectivity index (χ1) is 15.8. The third-order valence-corrected chi connectivity index (χ3v) is 5.26. The molecule has 2 aliphatic heterocycles. The predicted octanol–water partition coefficient (Wildman–Crippen LogP) is 5.49. The smallest absolute Gasteiger partial charge is 0.372 e. The molecule has 0 aromatic rings. The largest absolute Gasteiger partial charge is 0.460 e. The molecule has 2 atom stereocenters. The number of epoxide rings is 2. The van der Waals surface area contributed by atoms with Crippen LogP contribution >= 0.6 is 0 Å². The Balaban J connectivity index is 2.34. The predicted molar refractivity (Wildman–Crippen MR) is 81.2 cm³/mol. The van der Waals surface area contributed by atoms with Crippen LogP contribution in [0.25, 0.3) is 0 Å². The van der Waals surface area contributed by atoms with Crippen LogP contribution in [0.5, 0.6) is 0 Å². The van der Waals surface area contributed by atoms with Crippen LogP contribution in [0.15, 0.2) is 0 Å². The van der Waals surface area contributed by atoms with Gasteiger partial charge in [-0.1, -0.05) is 0 Å². The monoisotopic (exact) mass is 575 g/mol. The lowest BCUT2D eigenvalue weighted by molar-refractivity contribution is -0.461. The van der Waals surface area contributed by atoms with E-state index < -0.39 is 72.8 Å². The van der Waals surface area contributed by atoms with E-state index in [1.807, 2.05) is 0 Å². The van der Waals surface area contributed by atoms with E-state index in [2.05, 4.69) is 0 Å². The normalized spacial score (nSPS) is 22.8. The second-order valence-corrected chi connectivity index (χ2v) is 8.07. The Bertz CT molecular complexity index is 774. The molecule has 0 aliphatic carbocycles. The Labute approximate surface area is 189 Å². The molecule has 2 rings (SSSR count). The van der Waals surface area contributed by atoms with Gasteiger partial charge >= 0.3 is 47.6 Å². The molecule has 0 saturated carbocycles. The van der Waals surface area contributed by atoms with Crippen molar-refractivity contribution in [2.24, 2.45) is 0 Å². The average Bonchev–Trinajstić information content (AvgIpc) is 3.61. The van der Waals surface area contributed by atoms with Gasteiger partial charge in [0.2, 0.25) is 0 Å². The quantitative estimate of drug-likeness (QED) is 0.215. The topological polar surface area (TPSA) is 28.3 Å². The van der Waals surface area contributed by atoms with Gasteiger partial charge in [-0.2, -0.15) is 74.6 Å². The van der Waals surface area contributed by atoms with Gasteiger partial charge in [0.05, 0.1) is 25.4 Å². The summed E-state index contributed by atoms with van der Waals surface area (Å²) < 4.78 is 235. The number of ether oxygens (including phenoxy) is 2. The average molecular weight is 575 g/mol. The zero-order valence-electron chi connectivity index (χ0n) is 17.1. The van der Waals surface area contributed by atoms with Crippen LogP contribution in [-0.4, -0.2) is 97.6 Å². The van der Waals surface area contributed by atoms with E-state index in [0.29, 0.717) is 0 Å². The van der Waals surface area contributed by atoms with E-state index in [0.717, 1.165) is 4.90 Å². The number of hydrogen-bond donors (Lipinski definition) is 0. The summed E-state index contributed by atoms with van der Waals surface area (Å²) in [6.07, 6.45) is -11.5. The molecule has 0 bridgehead atoms. The summed E-state index contributed by atoms with van der Waals surface area (Å²) in [7, 11) is 0. The fourth-order valence-corrected chi connectivity index (χ4v) is 2.83. The van der Waals surface area contributed by atoms with Crippen LogP contribution < -0.4 is 0 Å². The molecular formula is C16H14F17NO2. The Kier molecular flexibility index (Phi) is 7.62. The summed E-state index contributed by atoms with van der Waals surface area (Å²) >= 11 is 0. The van der Waals surface area contributed by atoms with Crippen LogP contribution in [0.3, 0.4) is 0 Å². The molecule has 2 saturated heterocycles. The van der Waals surface area contributed by atoms with Crippen molar-refractivity contribution in [3.05, 3.63) is 0 Å². The first-order valence-corrected chi connectivity index (χ1v) is 9.45. The minimum atomic E-state index is -8.61. The Morgan fingerprint density at radius 2 is 0.806 bits per heavy atom. The minimum absolute atomic E-state index is 0.0741. The van der Waals surface area contributed by atoms with E-state index in [4.69, 9.17) is 9.47 Å². The molecule has 0 spiro atoms. The molecule has 0 N–H and O–H groups in total. The second kappa shape index (κ2) is 8.88. The SMILES string of the molecule is FC(F)(F)C(F)(F)C(F)(F)C(F)(F)C(F)(F)C(F)(F)C(F)(F)C(F)(F)CCN(CC1CO1)CC1CO1. The van der Waals surface area contributed by atoms with E-state index in [9.17, 15) is 74.6 Å². The molecule has 0 aromatic heterocycles. The molecule has 20 heteroatoms. The van der Waals surface area contributed by atoms with Gasteiger partial charge < -0.3 is 9.47 Å². The van der Waals surface area contributed by atoms with Crippen LogP contribution in [0.1, 0.15) is 6.42 Å². The number of rotatable bonds is 13. The molecule has 2 aliphatic rings. The van der Waals surface area contributed by atoms with Crippen molar-refractivity contribution in [3.63, 3.8) is 0 Å². The summed E-state index contributed by atoms with van der Waals surface area (Å²) in [4.78, 5) is 0.863. The number of nitrogens with zero attached hydrogens (tertiary/aromatic N) is 1. The number of hydrogen-bond acceptors (Lipinski definition) is 3. The Morgan fingerprint density at radius 1 is 0.500 bits per heavy atom. The number of halogens is 17. The van der Waals surface area contributed by atoms with Crippen LogP contribution in [-0.2, 0) is 9.47 Å². The van der Waals surface area contributed by atoms with Crippen molar-refractivity contribution >= 4 is 0 Å². The third kappa shape index (κ3) is 4.92. The van der Waals surface area contributed by atoms with Crippen molar-refractivity contribution in [2.45, 2.75) is 66.3 Å². The van der Waals surface area contributed by atoms with Gasteiger partial charge in [-0.25, -0.2) is 0 Å². The molecule has 0 radical (unpaired) electrons. The maximum absolute atomic E-state index is 14.0. The first kappa shape index (κ1) is 30.9. The molecular weight excluding hydrogens is 561 g/mol. The van der Waals surface area contributed by atoms with Gasteiger partial charge in [0, 0.05) is 26.1 Å². The highest BCUT2D eigenvalue weighted by Crippen LogP contribution is 2.64. The summed E-state index contributed by atoms with van der Waals surface area (Å²) in [6.45, 7) is -1.70.